The molecule has 1 fully saturated rings. The third-order valence-electron chi connectivity index (χ3n) is 5.97. The maximum absolute atomic E-state index is 13.8. The molecule has 29 heavy (non-hydrogen) atoms. The number of likely N-dealkylation sites (tertiary alicyclic amines) is 1. The minimum absolute atomic E-state index is 0.0442. The lowest BCUT2D eigenvalue weighted by molar-refractivity contribution is 0.0686. The van der Waals surface area contributed by atoms with Gasteiger partial charge in [0.2, 0.25) is 0 Å². The summed E-state index contributed by atoms with van der Waals surface area (Å²) in [7, 11) is 0. The number of hydrogen-bond donors (Lipinski definition) is 0. The van der Waals surface area contributed by atoms with Gasteiger partial charge in [0.25, 0.3) is 0 Å². The summed E-state index contributed by atoms with van der Waals surface area (Å²) in [6.45, 7) is 8.63. The van der Waals surface area contributed by atoms with Crippen LogP contribution in [0.25, 0.3) is 0 Å². The maximum atomic E-state index is 13.8. The molecule has 1 saturated heterocycles. The lowest BCUT2D eigenvalue weighted by Gasteiger charge is -2.45. The second kappa shape index (κ2) is 8.12. The Morgan fingerprint density at radius 2 is 1.41 bits per heavy atom. The van der Waals surface area contributed by atoms with Crippen LogP contribution in [0.15, 0.2) is 78.9 Å². The smallest absolute Gasteiger partial charge is 0.123 e. The second-order valence-electron chi connectivity index (χ2n) is 9.30. The molecule has 0 N–H and O–H groups in total. The van der Waals surface area contributed by atoms with Gasteiger partial charge in [0, 0.05) is 13.1 Å². The van der Waals surface area contributed by atoms with Crippen molar-refractivity contribution in [1.82, 2.24) is 4.90 Å². The molecule has 0 saturated carbocycles. The van der Waals surface area contributed by atoms with Crippen LogP contribution < -0.4 is 0 Å². The summed E-state index contributed by atoms with van der Waals surface area (Å²) in [4.78, 5) is 2.57. The first-order valence-electron chi connectivity index (χ1n) is 10.5. The first kappa shape index (κ1) is 19.8. The average molecular weight is 388 g/mol. The van der Waals surface area contributed by atoms with Crippen molar-refractivity contribution in [2.75, 3.05) is 13.1 Å². The highest BCUT2D eigenvalue weighted by Gasteiger charge is 2.34. The van der Waals surface area contributed by atoms with Gasteiger partial charge in [-0.2, -0.15) is 0 Å². The third-order valence-corrected chi connectivity index (χ3v) is 5.97. The normalized spacial score (nSPS) is 15.5. The van der Waals surface area contributed by atoms with Crippen molar-refractivity contribution < 1.29 is 4.39 Å². The zero-order valence-corrected chi connectivity index (χ0v) is 17.6. The number of halogens is 1. The van der Waals surface area contributed by atoms with Crippen LogP contribution >= 0.6 is 0 Å². The summed E-state index contributed by atoms with van der Waals surface area (Å²) < 4.78 is 13.8. The summed E-state index contributed by atoms with van der Waals surface area (Å²) in [5.41, 5.74) is 5.07. The predicted octanol–water partition coefficient (Wildman–Crippen LogP) is 6.39. The van der Waals surface area contributed by atoms with Crippen LogP contribution in [0.4, 0.5) is 4.39 Å². The molecule has 0 aliphatic carbocycles. The molecule has 3 aromatic carbocycles. The molecule has 0 bridgehead atoms. The lowest BCUT2D eigenvalue weighted by Crippen LogP contribution is -2.49. The van der Waals surface area contributed by atoms with E-state index in [1.807, 2.05) is 6.07 Å². The van der Waals surface area contributed by atoms with Gasteiger partial charge in [-0.25, -0.2) is 4.39 Å². The van der Waals surface area contributed by atoms with Gasteiger partial charge in [0.1, 0.15) is 5.82 Å². The zero-order chi connectivity index (χ0) is 20.4. The van der Waals surface area contributed by atoms with Gasteiger partial charge in [-0.3, -0.25) is 4.90 Å². The Kier molecular flexibility index (Phi) is 5.56. The summed E-state index contributed by atoms with van der Waals surface area (Å²) in [5.74, 6) is 0.471. The van der Waals surface area contributed by atoms with E-state index in [1.54, 1.807) is 12.1 Å². The summed E-state index contributed by atoms with van der Waals surface area (Å²) in [5, 5.41) is 0. The second-order valence-corrected chi connectivity index (χ2v) is 9.30. The molecule has 0 atom stereocenters. The van der Waals surface area contributed by atoms with Crippen molar-refractivity contribution in [2.24, 2.45) is 5.92 Å². The zero-order valence-electron chi connectivity index (χ0n) is 17.6. The van der Waals surface area contributed by atoms with E-state index in [9.17, 15) is 4.39 Å². The van der Waals surface area contributed by atoms with Crippen LogP contribution in [-0.4, -0.2) is 18.0 Å². The van der Waals surface area contributed by atoms with Crippen molar-refractivity contribution in [2.45, 2.75) is 38.6 Å². The molecule has 1 aliphatic heterocycles. The molecular weight excluding hydrogens is 357 g/mol. The van der Waals surface area contributed by atoms with E-state index in [2.05, 4.69) is 86.3 Å². The van der Waals surface area contributed by atoms with Crippen LogP contribution in [0.1, 0.15) is 49.1 Å². The van der Waals surface area contributed by atoms with Crippen molar-refractivity contribution in [3.63, 3.8) is 0 Å². The van der Waals surface area contributed by atoms with Gasteiger partial charge < -0.3 is 0 Å². The SMILES string of the molecule is CC(C)(C)c1cc(F)ccc1CC1CN(C(c2ccccc2)c2ccccc2)C1. The monoisotopic (exact) mass is 387 g/mol. The summed E-state index contributed by atoms with van der Waals surface area (Å²) in [6.07, 6.45) is 1.01. The summed E-state index contributed by atoms with van der Waals surface area (Å²) in [6, 6.07) is 27.2. The molecule has 0 radical (unpaired) electrons. The Bertz CT molecular complexity index is 898. The highest BCUT2D eigenvalue weighted by Crippen LogP contribution is 2.36. The Labute approximate surface area is 174 Å². The molecule has 1 heterocycles. The van der Waals surface area contributed by atoms with E-state index in [4.69, 9.17) is 0 Å². The van der Waals surface area contributed by atoms with Crippen LogP contribution in [0, 0.1) is 11.7 Å². The minimum atomic E-state index is -0.137. The number of nitrogens with zero attached hydrogens (tertiary/aromatic N) is 1. The molecule has 1 aliphatic rings. The van der Waals surface area contributed by atoms with E-state index >= 15 is 0 Å². The van der Waals surface area contributed by atoms with Crippen molar-refractivity contribution in [3.8, 4) is 0 Å². The largest absolute Gasteiger partial charge is 0.292 e. The van der Waals surface area contributed by atoms with Crippen LogP contribution in [0.3, 0.4) is 0 Å². The van der Waals surface area contributed by atoms with E-state index in [0.717, 1.165) is 25.1 Å². The van der Waals surface area contributed by atoms with Crippen LogP contribution in [-0.2, 0) is 11.8 Å². The molecule has 0 unspecified atom stereocenters. The fourth-order valence-corrected chi connectivity index (χ4v) is 4.57. The number of benzene rings is 3. The molecule has 0 spiro atoms. The first-order valence-corrected chi connectivity index (χ1v) is 10.5. The lowest BCUT2D eigenvalue weighted by atomic mass is 9.79. The highest BCUT2D eigenvalue weighted by atomic mass is 19.1. The molecule has 3 aromatic rings. The van der Waals surface area contributed by atoms with Gasteiger partial charge >= 0.3 is 0 Å². The molecule has 150 valence electrons. The topological polar surface area (TPSA) is 3.24 Å². The Hall–Kier alpha value is -2.45. The molecular formula is C27H30FN. The molecule has 2 heteroatoms. The Morgan fingerprint density at radius 3 is 1.93 bits per heavy atom. The summed E-state index contributed by atoms with van der Waals surface area (Å²) >= 11 is 0. The first-order chi connectivity index (χ1) is 13.9. The Balaban J connectivity index is 1.51. The van der Waals surface area contributed by atoms with E-state index < -0.39 is 0 Å². The van der Waals surface area contributed by atoms with Gasteiger partial charge in [0.05, 0.1) is 6.04 Å². The molecule has 1 nitrogen and oxygen atoms in total. The van der Waals surface area contributed by atoms with Crippen molar-refractivity contribution in [1.29, 1.82) is 0 Å². The molecule has 4 rings (SSSR count). The van der Waals surface area contributed by atoms with E-state index in [0.29, 0.717) is 12.0 Å². The number of hydrogen-bond acceptors (Lipinski definition) is 1. The van der Waals surface area contributed by atoms with Gasteiger partial charge in [-0.15, -0.1) is 0 Å². The van der Waals surface area contributed by atoms with Crippen LogP contribution in [0.5, 0.6) is 0 Å². The predicted molar refractivity (Wildman–Crippen MR) is 119 cm³/mol. The third kappa shape index (κ3) is 4.43. The van der Waals surface area contributed by atoms with E-state index in [-0.39, 0.29) is 11.2 Å². The minimum Gasteiger partial charge on any atom is -0.292 e. The fraction of sp³-hybridized carbons (Fsp3) is 0.333. The quantitative estimate of drug-likeness (QED) is 0.490. The number of rotatable bonds is 5. The van der Waals surface area contributed by atoms with E-state index in [1.165, 1.54) is 16.7 Å². The maximum Gasteiger partial charge on any atom is 0.123 e. The van der Waals surface area contributed by atoms with Gasteiger partial charge in [0.15, 0.2) is 0 Å². The average Bonchev–Trinajstić information content (AvgIpc) is 2.68. The highest BCUT2D eigenvalue weighted by molar-refractivity contribution is 5.35. The van der Waals surface area contributed by atoms with Crippen molar-refractivity contribution >= 4 is 0 Å². The van der Waals surface area contributed by atoms with Crippen LogP contribution in [0.2, 0.25) is 0 Å². The Morgan fingerprint density at radius 1 is 0.862 bits per heavy atom. The van der Waals surface area contributed by atoms with Gasteiger partial charge in [-0.1, -0.05) is 87.5 Å². The molecule has 0 amide bonds. The molecule has 0 aromatic heterocycles. The van der Waals surface area contributed by atoms with Crippen molar-refractivity contribution in [3.05, 3.63) is 107 Å². The fourth-order valence-electron chi connectivity index (χ4n) is 4.57. The standard InChI is InChI=1S/C27H30FN/c1-27(2,3)25-17-24(28)15-14-23(25)16-20-18-29(19-20)26(21-10-6-4-7-11-21)22-12-8-5-9-13-22/h4-15,17,20,26H,16,18-19H2,1-3H3. The van der Waals surface area contributed by atoms with Gasteiger partial charge in [-0.05, 0) is 52.1 Å².